The summed E-state index contributed by atoms with van der Waals surface area (Å²) >= 11 is 0. The Bertz CT molecular complexity index is 4140. The van der Waals surface area contributed by atoms with E-state index in [0.717, 1.165) is 54.1 Å². The van der Waals surface area contributed by atoms with Crippen LogP contribution in [-0.2, 0) is 80.4 Å². The number of ether oxygens (including phenoxy) is 7. The maximum Gasteiger partial charge on any atom is 0.349 e. The molecular weight excluding hydrogens is 1360 g/mol. The second-order valence-electron chi connectivity index (χ2n) is 28.5. The van der Waals surface area contributed by atoms with E-state index in [-0.39, 0.29) is 49.9 Å². The van der Waals surface area contributed by atoms with Crippen LogP contribution in [0.5, 0.6) is 17.2 Å². The zero-order valence-electron chi connectivity index (χ0n) is 60.9. The van der Waals surface area contributed by atoms with E-state index >= 15 is 0 Å². The van der Waals surface area contributed by atoms with E-state index in [0.29, 0.717) is 36.2 Å². The average Bonchev–Trinajstić information content (AvgIpc) is 0.720. The third kappa shape index (κ3) is 20.5. The molecular formula is C88H95O13S3+3. The van der Waals surface area contributed by atoms with Crippen LogP contribution in [0.2, 0.25) is 0 Å². The smallest absolute Gasteiger partial charge is 0.349 e. The van der Waals surface area contributed by atoms with Gasteiger partial charge in [0.25, 0.3) is 0 Å². The summed E-state index contributed by atoms with van der Waals surface area (Å²) in [5.41, 5.74) is -2.34. The molecule has 4 aliphatic carbocycles. The van der Waals surface area contributed by atoms with Crippen LogP contribution in [0.1, 0.15) is 120 Å². The van der Waals surface area contributed by atoms with E-state index < -0.39 is 65.9 Å². The summed E-state index contributed by atoms with van der Waals surface area (Å²) in [7, 11) is -0.747. The molecule has 0 saturated heterocycles. The number of hydrogen-bond donors (Lipinski definition) is 0. The maximum absolute atomic E-state index is 13.1. The van der Waals surface area contributed by atoms with Crippen molar-refractivity contribution in [2.45, 2.75) is 175 Å². The molecule has 0 aromatic heterocycles. The highest BCUT2D eigenvalue weighted by Gasteiger charge is 2.61. The number of carbonyl (C=O) groups excluding carboxylic acids is 6. The highest BCUT2D eigenvalue weighted by Crippen LogP contribution is 2.60. The van der Waals surface area contributed by atoms with Gasteiger partial charge in [0.2, 0.25) is 0 Å². The summed E-state index contributed by atoms with van der Waals surface area (Å²) in [5.74, 6) is -0.236. The molecule has 13 rings (SSSR count). The molecule has 0 heterocycles. The lowest BCUT2D eigenvalue weighted by Crippen LogP contribution is -2.63. The zero-order chi connectivity index (χ0) is 73.9. The minimum Gasteiger partial charge on any atom is -0.487 e. The van der Waals surface area contributed by atoms with Crippen LogP contribution in [0.4, 0.5) is 0 Å². The third-order valence-electron chi connectivity index (χ3n) is 19.4. The fraction of sp³-hybridized carbons (Fsp3) is 0.318. The van der Waals surface area contributed by atoms with Gasteiger partial charge in [0.1, 0.15) is 28.5 Å². The summed E-state index contributed by atoms with van der Waals surface area (Å²) in [4.78, 5) is 83.9. The first kappa shape index (κ1) is 77.3. The SMILES string of the molecule is CCC(C)(C)C(=O)OC12CC3CC(C1)CC(Oc1ccc([S+](c4ccccc4)c4ccccc4)cc1)(C3)C2.CCC(C)(C)C(=O)OCC(=O)OCC(=O)Oc1ccc([S+](c2ccccc2)c2ccccc2)cc1.CCC(C)(C)C(=O)OCC(=O)Oc1ccc([S+](c2ccccc2)c2ccccc2)cc1. The highest BCUT2D eigenvalue weighted by atomic mass is 32.2. The number of hydrogen-bond acceptors (Lipinski definition) is 13. The van der Waals surface area contributed by atoms with Gasteiger partial charge in [-0.15, -0.1) is 0 Å². The molecule has 9 aromatic rings. The van der Waals surface area contributed by atoms with Gasteiger partial charge in [-0.2, -0.15) is 0 Å². The Kier molecular flexibility index (Phi) is 26.3. The number of benzene rings is 9. The summed E-state index contributed by atoms with van der Waals surface area (Å²) in [6.45, 7) is 15.3. The third-order valence-corrected chi connectivity index (χ3v) is 26.1. The van der Waals surface area contributed by atoms with Crippen LogP contribution in [0.15, 0.2) is 299 Å². The first-order chi connectivity index (χ1) is 50.0. The molecule has 0 aliphatic heterocycles. The molecule has 9 aromatic carbocycles. The molecule has 0 N–H and O–H groups in total. The Labute approximate surface area is 621 Å². The van der Waals surface area contributed by atoms with Gasteiger partial charge >= 0.3 is 35.8 Å². The fourth-order valence-electron chi connectivity index (χ4n) is 13.0. The predicted molar refractivity (Wildman–Crippen MR) is 408 cm³/mol. The van der Waals surface area contributed by atoms with Gasteiger partial charge in [0.15, 0.2) is 63.9 Å². The van der Waals surface area contributed by atoms with Crippen LogP contribution in [0.25, 0.3) is 0 Å². The second-order valence-corrected chi connectivity index (χ2v) is 34.6. The molecule has 4 aliphatic rings. The van der Waals surface area contributed by atoms with E-state index in [1.807, 2.05) is 125 Å². The van der Waals surface area contributed by atoms with Crippen molar-refractivity contribution in [3.63, 3.8) is 0 Å². The van der Waals surface area contributed by atoms with E-state index in [1.165, 1.54) is 40.7 Å². The molecule has 4 saturated carbocycles. The van der Waals surface area contributed by atoms with Gasteiger partial charge in [-0.1, -0.05) is 130 Å². The monoisotopic (exact) mass is 1460 g/mol. The molecule has 2 unspecified atom stereocenters. The Morgan fingerprint density at radius 3 is 0.894 bits per heavy atom. The molecule has 104 heavy (non-hydrogen) atoms. The Hall–Kier alpha value is -9.35. The zero-order valence-corrected chi connectivity index (χ0v) is 63.4. The van der Waals surface area contributed by atoms with Gasteiger partial charge in [-0.3, -0.25) is 14.4 Å². The number of carbonyl (C=O) groups is 6. The molecule has 2 atom stereocenters. The van der Waals surface area contributed by atoms with Crippen molar-refractivity contribution < 1.29 is 61.9 Å². The summed E-state index contributed by atoms with van der Waals surface area (Å²) in [5, 5.41) is 0. The van der Waals surface area contributed by atoms with Crippen molar-refractivity contribution in [2.75, 3.05) is 19.8 Å². The Balaban J connectivity index is 0.000000168. The van der Waals surface area contributed by atoms with Crippen molar-refractivity contribution >= 4 is 68.5 Å². The first-order valence-corrected chi connectivity index (χ1v) is 39.3. The lowest BCUT2D eigenvalue weighted by atomic mass is 9.52. The van der Waals surface area contributed by atoms with Crippen LogP contribution in [0.3, 0.4) is 0 Å². The largest absolute Gasteiger partial charge is 0.487 e. The first-order valence-electron chi connectivity index (χ1n) is 35.7. The Morgan fingerprint density at radius 1 is 0.327 bits per heavy atom. The molecule has 0 spiro atoms. The standard InChI is InChI=1S/C34H39O3S.C28H29O6S.C26H27O4S/c1-4-32(2,3)31(35)37-34-22-25-19-26(23-34)21-33(20-25,24-34)36-27-15-17-30(18-16-27)38(28-11-7-5-8-12-28)29-13-9-6-10-14-29;1-4-28(2,3)27(31)33-19-25(29)32-20-26(30)34-21-15-17-24(18-16-21)35(22-11-7-5-8-12-22)23-13-9-6-10-14-23;1-4-26(2,3)25(28)29-19-24(27)30-20-15-17-23(18-16-20)31(21-11-7-5-8-12-21)22-13-9-6-10-14-22/h5-18,25-26H,4,19-24H2,1-3H3;5-18H,4,19-20H2,1-3H3;5-18H,4,19H2,1-3H3/q3*+1. The summed E-state index contributed by atoms with van der Waals surface area (Å²) in [6.07, 6.45) is 8.19. The molecule has 13 nitrogen and oxygen atoms in total. The normalized spacial score (nSPS) is 17.3. The van der Waals surface area contributed by atoms with Crippen molar-refractivity contribution in [1.29, 1.82) is 0 Å². The van der Waals surface area contributed by atoms with Gasteiger partial charge in [0, 0.05) is 6.42 Å². The number of esters is 6. The molecule has 4 bridgehead atoms. The minimum absolute atomic E-state index is 0.0460. The van der Waals surface area contributed by atoms with Gasteiger partial charge in [0.05, 0.1) is 48.9 Å². The fourth-order valence-corrected chi connectivity index (χ4v) is 19.2. The topological polar surface area (TPSA) is 167 Å². The lowest BCUT2D eigenvalue weighted by Gasteiger charge is -2.60. The van der Waals surface area contributed by atoms with Crippen LogP contribution >= 0.6 is 0 Å². The summed E-state index contributed by atoms with van der Waals surface area (Å²) < 4.78 is 38.8. The van der Waals surface area contributed by atoms with Gasteiger partial charge in [-0.25, -0.2) is 14.4 Å². The maximum atomic E-state index is 13.1. The van der Waals surface area contributed by atoms with Gasteiger partial charge < -0.3 is 33.2 Å². The van der Waals surface area contributed by atoms with E-state index in [9.17, 15) is 28.8 Å². The lowest BCUT2D eigenvalue weighted by molar-refractivity contribution is -0.219. The molecule has 4 fully saturated rings. The van der Waals surface area contributed by atoms with Crippen molar-refractivity contribution in [3.05, 3.63) is 255 Å². The quantitative estimate of drug-likeness (QED) is 0.0218. The summed E-state index contributed by atoms with van der Waals surface area (Å²) in [6, 6.07) is 86.1. The van der Waals surface area contributed by atoms with E-state index in [4.69, 9.17) is 33.2 Å². The van der Waals surface area contributed by atoms with E-state index in [2.05, 4.69) is 140 Å². The van der Waals surface area contributed by atoms with Crippen LogP contribution < -0.4 is 14.2 Å². The van der Waals surface area contributed by atoms with Crippen molar-refractivity contribution in [3.8, 4) is 17.2 Å². The highest BCUT2D eigenvalue weighted by molar-refractivity contribution is 7.97. The van der Waals surface area contributed by atoms with Crippen LogP contribution in [0, 0.1) is 28.1 Å². The van der Waals surface area contributed by atoms with Gasteiger partial charge in [-0.05, 0) is 250 Å². The molecule has 0 amide bonds. The van der Waals surface area contributed by atoms with Crippen molar-refractivity contribution in [1.82, 2.24) is 0 Å². The molecule has 16 heteroatoms. The predicted octanol–water partition coefficient (Wildman–Crippen LogP) is 19.1. The van der Waals surface area contributed by atoms with E-state index in [1.54, 1.807) is 52.0 Å². The Morgan fingerprint density at radius 2 is 0.587 bits per heavy atom. The minimum atomic E-state index is -0.813. The average molecular weight is 1460 g/mol. The number of rotatable bonds is 26. The molecule has 540 valence electrons. The second kappa shape index (κ2) is 35.4. The molecule has 0 radical (unpaired) electrons. The van der Waals surface area contributed by atoms with Crippen LogP contribution in [-0.4, -0.2) is 66.8 Å². The van der Waals surface area contributed by atoms with Crippen molar-refractivity contribution in [2.24, 2.45) is 28.1 Å².